The van der Waals surface area contributed by atoms with Gasteiger partial charge >= 0.3 is 0 Å². The number of anilines is 2. The van der Waals surface area contributed by atoms with Crippen LogP contribution in [-0.4, -0.2) is 72.6 Å². The molecule has 0 aliphatic carbocycles. The number of piperazine rings is 1. The van der Waals surface area contributed by atoms with E-state index in [2.05, 4.69) is 47.3 Å². The maximum Gasteiger partial charge on any atom is 0.229 e. The smallest absolute Gasteiger partial charge is 0.229 e. The fraction of sp³-hybridized carbons (Fsp3) is 0.375. The van der Waals surface area contributed by atoms with Gasteiger partial charge in [0.25, 0.3) is 0 Å². The standard InChI is InChI=1S/C24H28FN9/c1-16(2)23-31-30-21-7-5-18(15-34(21)23)22-19(25)13-27-24(29-22)28-20-6-4-17(12-26-20)14-33-10-8-32(3)9-11-33/h4-7,12-13,15-16H,8-11,14H2,1-3H3,(H,26,27,28,29). The normalized spacial score (nSPS) is 15.3. The number of hydrogen-bond donors (Lipinski definition) is 1. The second-order valence-corrected chi connectivity index (χ2v) is 9.01. The Balaban J connectivity index is 1.33. The van der Waals surface area contributed by atoms with E-state index in [0.29, 0.717) is 17.0 Å². The Hall–Kier alpha value is -3.50. The lowest BCUT2D eigenvalue weighted by atomic mass is 10.2. The molecular weight excluding hydrogens is 433 g/mol. The molecule has 34 heavy (non-hydrogen) atoms. The molecule has 0 unspecified atom stereocenters. The first-order valence-corrected chi connectivity index (χ1v) is 11.5. The third-order valence-electron chi connectivity index (χ3n) is 6.03. The van der Waals surface area contributed by atoms with Gasteiger partial charge in [0.15, 0.2) is 11.5 Å². The molecule has 0 amide bonds. The highest BCUT2D eigenvalue weighted by molar-refractivity contribution is 5.63. The first-order valence-electron chi connectivity index (χ1n) is 11.5. The summed E-state index contributed by atoms with van der Waals surface area (Å²) in [6.07, 6.45) is 4.84. The van der Waals surface area contributed by atoms with Gasteiger partial charge in [0.05, 0.1) is 6.20 Å². The zero-order chi connectivity index (χ0) is 23.7. The molecule has 176 valence electrons. The van der Waals surface area contributed by atoms with Crippen molar-refractivity contribution >= 4 is 17.4 Å². The van der Waals surface area contributed by atoms with Gasteiger partial charge in [-0.2, -0.15) is 0 Å². The van der Waals surface area contributed by atoms with Gasteiger partial charge in [-0.3, -0.25) is 9.30 Å². The van der Waals surface area contributed by atoms with E-state index in [0.717, 1.165) is 44.1 Å². The zero-order valence-electron chi connectivity index (χ0n) is 19.6. The van der Waals surface area contributed by atoms with Crippen molar-refractivity contribution in [1.29, 1.82) is 0 Å². The molecule has 0 aromatic carbocycles. The quantitative estimate of drug-likeness (QED) is 0.468. The summed E-state index contributed by atoms with van der Waals surface area (Å²) in [4.78, 5) is 17.8. The van der Waals surface area contributed by atoms with Crippen LogP contribution in [0.15, 0.2) is 42.9 Å². The van der Waals surface area contributed by atoms with E-state index >= 15 is 0 Å². The van der Waals surface area contributed by atoms with Crippen molar-refractivity contribution in [3.8, 4) is 11.3 Å². The zero-order valence-corrected chi connectivity index (χ0v) is 19.6. The predicted molar refractivity (Wildman–Crippen MR) is 128 cm³/mol. The van der Waals surface area contributed by atoms with Crippen LogP contribution >= 0.6 is 0 Å². The first-order chi connectivity index (χ1) is 16.5. The van der Waals surface area contributed by atoms with E-state index in [9.17, 15) is 4.39 Å². The topological polar surface area (TPSA) is 87.4 Å². The van der Waals surface area contributed by atoms with Gasteiger partial charge in [-0.15, -0.1) is 10.2 Å². The summed E-state index contributed by atoms with van der Waals surface area (Å²) in [5, 5.41) is 11.5. The molecule has 1 aliphatic rings. The number of aromatic nitrogens is 6. The average Bonchev–Trinajstić information content (AvgIpc) is 3.27. The van der Waals surface area contributed by atoms with E-state index in [1.54, 1.807) is 6.07 Å². The summed E-state index contributed by atoms with van der Waals surface area (Å²) in [5.41, 5.74) is 2.68. The van der Waals surface area contributed by atoms with Gasteiger partial charge in [-0.1, -0.05) is 19.9 Å². The number of fused-ring (bicyclic) bond motifs is 1. The molecule has 4 aromatic rings. The number of halogens is 1. The Bertz CT molecular complexity index is 1280. The number of hydrogen-bond acceptors (Lipinski definition) is 8. The third kappa shape index (κ3) is 4.73. The van der Waals surface area contributed by atoms with Crippen molar-refractivity contribution < 1.29 is 4.39 Å². The van der Waals surface area contributed by atoms with Gasteiger partial charge < -0.3 is 10.2 Å². The molecule has 1 fully saturated rings. The number of pyridine rings is 2. The van der Waals surface area contributed by atoms with Crippen LogP contribution in [0.2, 0.25) is 0 Å². The van der Waals surface area contributed by atoms with Crippen LogP contribution in [-0.2, 0) is 6.54 Å². The summed E-state index contributed by atoms with van der Waals surface area (Å²) in [6, 6.07) is 7.54. The number of nitrogens with one attached hydrogen (secondary N) is 1. The van der Waals surface area contributed by atoms with Gasteiger partial charge in [0.2, 0.25) is 5.95 Å². The summed E-state index contributed by atoms with van der Waals surface area (Å²) in [7, 11) is 2.15. The van der Waals surface area contributed by atoms with E-state index in [1.165, 1.54) is 6.20 Å². The molecule has 0 saturated carbocycles. The van der Waals surface area contributed by atoms with Crippen LogP contribution in [0, 0.1) is 5.82 Å². The largest absolute Gasteiger partial charge is 0.309 e. The molecule has 0 spiro atoms. The minimum absolute atomic E-state index is 0.183. The van der Waals surface area contributed by atoms with E-state index in [4.69, 9.17) is 0 Å². The summed E-state index contributed by atoms with van der Waals surface area (Å²) in [6.45, 7) is 9.24. The maximum atomic E-state index is 14.7. The predicted octanol–water partition coefficient (Wildman–Crippen LogP) is 3.33. The Labute approximate surface area is 197 Å². The second-order valence-electron chi connectivity index (χ2n) is 9.01. The Kier molecular flexibility index (Phi) is 6.16. The first kappa shape index (κ1) is 22.3. The van der Waals surface area contributed by atoms with Crippen LogP contribution in [0.3, 0.4) is 0 Å². The molecule has 9 nitrogen and oxygen atoms in total. The van der Waals surface area contributed by atoms with Gasteiger partial charge in [0.1, 0.15) is 17.3 Å². The molecule has 1 N–H and O–H groups in total. The Morgan fingerprint density at radius 3 is 2.56 bits per heavy atom. The van der Waals surface area contributed by atoms with Gasteiger partial charge in [0, 0.05) is 56.6 Å². The summed E-state index contributed by atoms with van der Waals surface area (Å²) in [5.74, 6) is 1.38. The third-order valence-corrected chi connectivity index (χ3v) is 6.03. The van der Waals surface area contributed by atoms with Crippen LogP contribution in [0.1, 0.15) is 31.2 Å². The number of nitrogens with zero attached hydrogens (tertiary/aromatic N) is 8. The lowest BCUT2D eigenvalue weighted by Gasteiger charge is -2.32. The lowest BCUT2D eigenvalue weighted by Crippen LogP contribution is -2.43. The lowest BCUT2D eigenvalue weighted by molar-refractivity contribution is 0.148. The molecule has 1 aliphatic heterocycles. The molecule has 0 bridgehead atoms. The fourth-order valence-electron chi connectivity index (χ4n) is 4.04. The van der Waals surface area contributed by atoms with Crippen LogP contribution in [0.25, 0.3) is 16.9 Å². The molecule has 10 heteroatoms. The molecule has 5 heterocycles. The molecule has 5 rings (SSSR count). The molecular formula is C24H28FN9. The minimum Gasteiger partial charge on any atom is -0.309 e. The molecule has 1 saturated heterocycles. The molecule has 4 aromatic heterocycles. The highest BCUT2D eigenvalue weighted by Gasteiger charge is 2.16. The maximum absolute atomic E-state index is 14.7. The van der Waals surface area contributed by atoms with Crippen molar-refractivity contribution in [3.05, 3.63) is 60.1 Å². The van der Waals surface area contributed by atoms with E-state index in [-0.39, 0.29) is 17.6 Å². The van der Waals surface area contributed by atoms with Crippen molar-refractivity contribution in [2.24, 2.45) is 0 Å². The summed E-state index contributed by atoms with van der Waals surface area (Å²) < 4.78 is 16.5. The highest BCUT2D eigenvalue weighted by atomic mass is 19.1. The van der Waals surface area contributed by atoms with Crippen molar-refractivity contribution in [2.75, 3.05) is 38.5 Å². The van der Waals surface area contributed by atoms with Gasteiger partial charge in [-0.05, 0) is 30.8 Å². The number of likely N-dealkylation sites (N-methyl/N-ethyl adjacent to an activating group) is 1. The van der Waals surface area contributed by atoms with Crippen molar-refractivity contribution in [3.63, 3.8) is 0 Å². The minimum atomic E-state index is -0.500. The van der Waals surface area contributed by atoms with Crippen LogP contribution in [0.4, 0.5) is 16.2 Å². The molecule has 0 atom stereocenters. The number of rotatable bonds is 6. The van der Waals surface area contributed by atoms with Gasteiger partial charge in [-0.25, -0.2) is 19.3 Å². The Morgan fingerprint density at radius 1 is 1.00 bits per heavy atom. The highest BCUT2D eigenvalue weighted by Crippen LogP contribution is 2.24. The fourth-order valence-corrected chi connectivity index (χ4v) is 4.04. The molecule has 0 radical (unpaired) electrons. The SMILES string of the molecule is CC(C)c1nnc2ccc(-c3nc(Nc4ccc(CN5CCN(C)CC5)cn4)ncc3F)cn12. The monoisotopic (exact) mass is 461 g/mol. The average molecular weight is 462 g/mol. The van der Waals surface area contributed by atoms with Crippen LogP contribution < -0.4 is 5.32 Å². The van der Waals surface area contributed by atoms with Crippen LogP contribution in [0.5, 0.6) is 0 Å². The van der Waals surface area contributed by atoms with Crippen molar-refractivity contribution in [2.45, 2.75) is 26.3 Å². The van der Waals surface area contributed by atoms with E-state index < -0.39 is 5.82 Å². The summed E-state index contributed by atoms with van der Waals surface area (Å²) >= 11 is 0. The Morgan fingerprint density at radius 2 is 1.82 bits per heavy atom. The second kappa shape index (κ2) is 9.40. The van der Waals surface area contributed by atoms with E-state index in [1.807, 2.05) is 48.8 Å². The van der Waals surface area contributed by atoms with Crippen molar-refractivity contribution in [1.82, 2.24) is 39.3 Å².